The van der Waals surface area contributed by atoms with Crippen molar-refractivity contribution in [2.24, 2.45) is 5.92 Å². The van der Waals surface area contributed by atoms with Crippen molar-refractivity contribution < 1.29 is 9.90 Å². The summed E-state index contributed by atoms with van der Waals surface area (Å²) < 4.78 is 0. The molecule has 0 bridgehead atoms. The second-order valence-corrected chi connectivity index (χ2v) is 5.61. The summed E-state index contributed by atoms with van der Waals surface area (Å²) in [5.41, 5.74) is 1.21. The molecule has 1 aromatic rings. The summed E-state index contributed by atoms with van der Waals surface area (Å²) in [5.74, 6) is -0.240. The van der Waals surface area contributed by atoms with E-state index >= 15 is 0 Å². The number of rotatable bonds is 6. The molecule has 0 aliphatic rings. The number of carbonyl (C=O) groups is 1. The minimum atomic E-state index is -0.855. The average molecular weight is 267 g/mol. The van der Waals surface area contributed by atoms with Gasteiger partial charge in [0.15, 0.2) is 0 Å². The van der Waals surface area contributed by atoms with Gasteiger partial charge in [0.2, 0.25) is 0 Å². The highest BCUT2D eigenvalue weighted by molar-refractivity contribution is 7.98. The van der Waals surface area contributed by atoms with Gasteiger partial charge in [-0.05, 0) is 30.7 Å². The van der Waals surface area contributed by atoms with Gasteiger partial charge in [0.05, 0.1) is 11.3 Å². The molecular weight excluding hydrogens is 246 g/mol. The smallest absolute Gasteiger partial charge is 0.338 e. The second kappa shape index (κ2) is 6.69. The minimum absolute atomic E-state index is 0.413. The Morgan fingerprint density at radius 2 is 2.11 bits per heavy atom. The van der Waals surface area contributed by atoms with E-state index in [1.54, 1.807) is 0 Å². The molecule has 0 amide bonds. The van der Waals surface area contributed by atoms with Crippen molar-refractivity contribution in [3.05, 3.63) is 23.8 Å². The Morgan fingerprint density at radius 3 is 2.61 bits per heavy atom. The molecule has 0 atom stereocenters. The predicted molar refractivity (Wildman–Crippen MR) is 77.9 cm³/mol. The lowest BCUT2D eigenvalue weighted by Gasteiger charge is -2.23. The highest BCUT2D eigenvalue weighted by atomic mass is 32.2. The van der Waals surface area contributed by atoms with Crippen molar-refractivity contribution in [2.45, 2.75) is 25.2 Å². The number of aromatic carboxylic acids is 1. The van der Waals surface area contributed by atoms with Crippen LogP contribution in [0.3, 0.4) is 0 Å². The zero-order valence-corrected chi connectivity index (χ0v) is 12.3. The van der Waals surface area contributed by atoms with Gasteiger partial charge in [-0.15, -0.1) is 11.8 Å². The molecule has 0 saturated carbocycles. The maximum Gasteiger partial charge on any atom is 0.338 e. The molecule has 0 fully saturated rings. The quantitative estimate of drug-likeness (QED) is 0.800. The van der Waals surface area contributed by atoms with E-state index in [4.69, 9.17) is 0 Å². The van der Waals surface area contributed by atoms with Crippen LogP contribution in [0.1, 0.15) is 30.6 Å². The Balaban J connectivity index is 3.03. The fourth-order valence-corrected chi connectivity index (χ4v) is 2.41. The van der Waals surface area contributed by atoms with Gasteiger partial charge in [-0.25, -0.2) is 4.79 Å². The summed E-state index contributed by atoms with van der Waals surface area (Å²) in [6, 6.07) is 5.65. The van der Waals surface area contributed by atoms with Gasteiger partial charge in [-0.1, -0.05) is 19.9 Å². The largest absolute Gasteiger partial charge is 0.478 e. The monoisotopic (exact) mass is 267 g/mol. The molecule has 0 spiro atoms. The number of nitrogens with zero attached hydrogens (tertiary/aromatic N) is 1. The SMILES string of the molecule is CSc1cccc(N(C)CCC(C)C)c1C(=O)O. The topological polar surface area (TPSA) is 40.5 Å². The number of benzene rings is 1. The normalized spacial score (nSPS) is 10.7. The molecule has 1 aromatic carbocycles. The van der Waals surface area contributed by atoms with Crippen molar-refractivity contribution in [3.8, 4) is 0 Å². The lowest BCUT2D eigenvalue weighted by Crippen LogP contribution is -2.22. The number of carboxylic acid groups (broad SMARTS) is 1. The molecule has 0 aromatic heterocycles. The lowest BCUT2D eigenvalue weighted by atomic mass is 10.1. The first-order chi connectivity index (χ1) is 8.47. The van der Waals surface area contributed by atoms with Crippen molar-refractivity contribution in [2.75, 3.05) is 24.7 Å². The van der Waals surface area contributed by atoms with Crippen LogP contribution in [0.25, 0.3) is 0 Å². The van der Waals surface area contributed by atoms with E-state index in [1.165, 1.54) is 11.8 Å². The molecule has 0 radical (unpaired) electrons. The van der Waals surface area contributed by atoms with Gasteiger partial charge in [0, 0.05) is 18.5 Å². The van der Waals surface area contributed by atoms with Crippen molar-refractivity contribution in [1.82, 2.24) is 0 Å². The second-order valence-electron chi connectivity index (χ2n) is 4.76. The summed E-state index contributed by atoms with van der Waals surface area (Å²) in [6.45, 7) is 5.21. The Hall–Kier alpha value is -1.16. The fraction of sp³-hybridized carbons (Fsp3) is 0.500. The van der Waals surface area contributed by atoms with Crippen molar-refractivity contribution >= 4 is 23.4 Å². The summed E-state index contributed by atoms with van der Waals surface area (Å²) in [6.07, 6.45) is 2.96. The van der Waals surface area contributed by atoms with Gasteiger partial charge in [-0.3, -0.25) is 0 Å². The van der Waals surface area contributed by atoms with Crippen LogP contribution in [0, 0.1) is 5.92 Å². The van der Waals surface area contributed by atoms with Gasteiger partial charge < -0.3 is 10.0 Å². The van der Waals surface area contributed by atoms with E-state index in [1.807, 2.05) is 36.4 Å². The number of carboxylic acids is 1. The van der Waals surface area contributed by atoms with Crippen LogP contribution in [-0.4, -0.2) is 30.9 Å². The Bertz CT molecular complexity index is 418. The first-order valence-corrected chi connectivity index (χ1v) is 7.31. The fourth-order valence-electron chi connectivity index (χ4n) is 1.80. The molecule has 1 N–H and O–H groups in total. The molecule has 0 aliphatic heterocycles. The molecule has 1 rings (SSSR count). The van der Waals surface area contributed by atoms with Crippen molar-refractivity contribution in [1.29, 1.82) is 0 Å². The minimum Gasteiger partial charge on any atom is -0.478 e. The third-order valence-electron chi connectivity index (χ3n) is 2.89. The van der Waals surface area contributed by atoms with Crippen LogP contribution < -0.4 is 4.90 Å². The molecule has 0 saturated heterocycles. The summed E-state index contributed by atoms with van der Waals surface area (Å²) in [7, 11) is 1.95. The first-order valence-electron chi connectivity index (χ1n) is 6.08. The summed E-state index contributed by atoms with van der Waals surface area (Å²) >= 11 is 1.47. The van der Waals surface area contributed by atoms with Crippen molar-refractivity contribution in [3.63, 3.8) is 0 Å². The first kappa shape index (κ1) is 14.9. The zero-order chi connectivity index (χ0) is 13.7. The summed E-state index contributed by atoms with van der Waals surface area (Å²) in [4.78, 5) is 14.3. The van der Waals surface area contributed by atoms with Crippen LogP contribution in [0.2, 0.25) is 0 Å². The van der Waals surface area contributed by atoms with Crippen LogP contribution in [0.5, 0.6) is 0 Å². The van der Waals surface area contributed by atoms with Crippen LogP contribution in [-0.2, 0) is 0 Å². The van der Waals surface area contributed by atoms with Gasteiger partial charge >= 0.3 is 5.97 Å². The number of anilines is 1. The van der Waals surface area contributed by atoms with E-state index in [2.05, 4.69) is 13.8 Å². The van der Waals surface area contributed by atoms with E-state index in [0.29, 0.717) is 11.5 Å². The number of hydrogen-bond acceptors (Lipinski definition) is 3. The molecule has 0 aliphatic carbocycles. The molecule has 3 nitrogen and oxygen atoms in total. The highest BCUT2D eigenvalue weighted by Crippen LogP contribution is 2.29. The van der Waals surface area contributed by atoms with Crippen LogP contribution >= 0.6 is 11.8 Å². The van der Waals surface area contributed by atoms with Crippen LogP contribution in [0.4, 0.5) is 5.69 Å². The Kier molecular flexibility index (Phi) is 5.54. The van der Waals surface area contributed by atoms with E-state index < -0.39 is 5.97 Å². The van der Waals surface area contributed by atoms with Gasteiger partial charge in [0.1, 0.15) is 0 Å². The molecule has 100 valence electrons. The maximum atomic E-state index is 11.4. The Morgan fingerprint density at radius 1 is 1.44 bits per heavy atom. The molecule has 18 heavy (non-hydrogen) atoms. The van der Waals surface area contributed by atoms with E-state index in [0.717, 1.165) is 23.5 Å². The Labute approximate surface area is 113 Å². The summed E-state index contributed by atoms with van der Waals surface area (Å²) in [5, 5.41) is 9.36. The zero-order valence-electron chi connectivity index (χ0n) is 11.4. The van der Waals surface area contributed by atoms with E-state index in [-0.39, 0.29) is 0 Å². The lowest BCUT2D eigenvalue weighted by molar-refractivity contribution is 0.0694. The maximum absolute atomic E-state index is 11.4. The number of thioether (sulfide) groups is 1. The standard InChI is InChI=1S/C14H21NO2S/c1-10(2)8-9-15(3)11-6-5-7-12(18-4)13(11)14(16)17/h5-7,10H,8-9H2,1-4H3,(H,16,17). The third-order valence-corrected chi connectivity index (χ3v) is 3.67. The predicted octanol–water partition coefficient (Wildman–Crippen LogP) is 3.59. The number of hydrogen-bond donors (Lipinski definition) is 1. The van der Waals surface area contributed by atoms with E-state index in [9.17, 15) is 9.90 Å². The van der Waals surface area contributed by atoms with Gasteiger partial charge in [-0.2, -0.15) is 0 Å². The molecule has 0 heterocycles. The third kappa shape index (κ3) is 3.67. The molecule has 4 heteroatoms. The molecule has 0 unspecified atom stereocenters. The van der Waals surface area contributed by atoms with Crippen LogP contribution in [0.15, 0.2) is 23.1 Å². The highest BCUT2D eigenvalue weighted by Gasteiger charge is 2.17. The average Bonchev–Trinajstić information content (AvgIpc) is 2.34. The molecular formula is C14H21NO2S. The van der Waals surface area contributed by atoms with Gasteiger partial charge in [0.25, 0.3) is 0 Å².